The molecule has 0 aliphatic rings. The van der Waals surface area contributed by atoms with E-state index in [9.17, 15) is 18.5 Å². The van der Waals surface area contributed by atoms with Crippen LogP contribution in [-0.2, 0) is 10.0 Å². The molecule has 0 spiro atoms. The van der Waals surface area contributed by atoms with Crippen LogP contribution in [-0.4, -0.2) is 48.0 Å². The fraction of sp³-hybridized carbons (Fsp3) is 0.174. The second kappa shape index (κ2) is 11.3. The Morgan fingerprint density at radius 3 is 2.06 bits per heavy atom. The summed E-state index contributed by atoms with van der Waals surface area (Å²) in [4.78, 5) is 10.6. The number of nitro benzene ring substituents is 1. The average Bonchev–Trinajstić information content (AvgIpc) is 2.88. The largest absolute Gasteiger partial charge is 0.497 e. The van der Waals surface area contributed by atoms with Crippen molar-refractivity contribution < 1.29 is 32.3 Å². The number of hydrazone groups is 1. The van der Waals surface area contributed by atoms with Crippen molar-refractivity contribution in [3.63, 3.8) is 0 Å². The molecule has 0 aromatic heterocycles. The Balaban J connectivity index is 1.84. The lowest BCUT2D eigenvalue weighted by atomic mass is 10.2. The zero-order chi connectivity index (χ0) is 26.3. The third-order valence-electron chi connectivity index (χ3n) is 4.90. The molecular weight excluding hydrogens is 492 g/mol. The fourth-order valence-corrected chi connectivity index (χ4v) is 4.23. The highest BCUT2D eigenvalue weighted by molar-refractivity contribution is 7.92. The van der Waals surface area contributed by atoms with Gasteiger partial charge in [0.05, 0.1) is 44.5 Å². The smallest absolute Gasteiger partial charge is 0.295 e. The topological polar surface area (TPSA) is 151 Å². The number of methoxy groups -OCH3 is 4. The third-order valence-corrected chi connectivity index (χ3v) is 6.28. The minimum Gasteiger partial charge on any atom is -0.497 e. The maximum Gasteiger partial charge on any atom is 0.295 e. The van der Waals surface area contributed by atoms with E-state index in [1.54, 1.807) is 24.3 Å². The van der Waals surface area contributed by atoms with Crippen molar-refractivity contribution in [1.82, 2.24) is 0 Å². The summed E-state index contributed by atoms with van der Waals surface area (Å²) in [5.41, 5.74) is 2.92. The Hall–Kier alpha value is -4.52. The molecule has 12 nitrogen and oxygen atoms in total. The molecule has 2 N–H and O–H groups in total. The van der Waals surface area contributed by atoms with Gasteiger partial charge in [-0.1, -0.05) is 0 Å². The van der Waals surface area contributed by atoms with Gasteiger partial charge in [0.1, 0.15) is 11.4 Å². The Bertz CT molecular complexity index is 1350. The van der Waals surface area contributed by atoms with Gasteiger partial charge in [0.15, 0.2) is 11.5 Å². The van der Waals surface area contributed by atoms with Crippen molar-refractivity contribution >= 4 is 33.3 Å². The maximum absolute atomic E-state index is 12.8. The lowest BCUT2D eigenvalue weighted by Crippen LogP contribution is -2.13. The van der Waals surface area contributed by atoms with Gasteiger partial charge in [-0.3, -0.25) is 20.3 Å². The zero-order valence-electron chi connectivity index (χ0n) is 19.8. The molecule has 0 radical (unpaired) electrons. The van der Waals surface area contributed by atoms with Crippen LogP contribution in [0.4, 0.5) is 17.1 Å². The van der Waals surface area contributed by atoms with E-state index in [1.165, 1.54) is 58.9 Å². The first-order valence-corrected chi connectivity index (χ1v) is 11.7. The van der Waals surface area contributed by atoms with Gasteiger partial charge in [-0.25, -0.2) is 8.42 Å². The Labute approximate surface area is 207 Å². The minimum absolute atomic E-state index is 0.00732. The molecule has 0 saturated carbocycles. The lowest BCUT2D eigenvalue weighted by molar-refractivity contribution is -0.384. The van der Waals surface area contributed by atoms with Crippen LogP contribution in [0.25, 0.3) is 0 Å². The molecule has 0 aliphatic heterocycles. The molecule has 190 valence electrons. The molecular formula is C23H24N4O8S. The molecule has 0 amide bonds. The van der Waals surface area contributed by atoms with E-state index in [0.29, 0.717) is 28.6 Å². The quantitative estimate of drug-likeness (QED) is 0.220. The Morgan fingerprint density at radius 2 is 1.53 bits per heavy atom. The van der Waals surface area contributed by atoms with Gasteiger partial charge in [0.25, 0.3) is 15.7 Å². The van der Waals surface area contributed by atoms with E-state index in [4.69, 9.17) is 18.9 Å². The summed E-state index contributed by atoms with van der Waals surface area (Å²) in [6.07, 6.45) is 1.39. The molecule has 0 unspecified atom stereocenters. The van der Waals surface area contributed by atoms with Gasteiger partial charge >= 0.3 is 0 Å². The normalized spacial score (nSPS) is 11.1. The van der Waals surface area contributed by atoms with Crippen LogP contribution in [0, 0.1) is 10.1 Å². The number of nitrogens with zero attached hydrogens (tertiary/aromatic N) is 2. The van der Waals surface area contributed by atoms with Crippen LogP contribution < -0.4 is 29.1 Å². The molecule has 13 heteroatoms. The summed E-state index contributed by atoms with van der Waals surface area (Å²) in [5.74, 6) is 1.77. The number of nitrogens with one attached hydrogen (secondary N) is 2. The van der Waals surface area contributed by atoms with Gasteiger partial charge in [0.2, 0.25) is 5.75 Å². The standard InChI is InChI=1S/C23H24N4O8S/c1-32-17-7-5-16(6-8-17)26-36(30,31)18-9-10-19(20(13-18)27(28)29)25-24-14-15-11-21(33-2)23(35-4)22(12-15)34-3/h5-14,25-26H,1-4H3. The number of nitro groups is 1. The molecule has 36 heavy (non-hydrogen) atoms. The highest BCUT2D eigenvalue weighted by atomic mass is 32.2. The SMILES string of the molecule is COc1ccc(NS(=O)(=O)c2ccc(NN=Cc3cc(OC)c(OC)c(OC)c3)c([N+](=O)[O-])c2)cc1. The molecule has 0 bridgehead atoms. The number of rotatable bonds is 11. The monoisotopic (exact) mass is 516 g/mol. The fourth-order valence-electron chi connectivity index (χ4n) is 3.15. The molecule has 0 fully saturated rings. The molecule has 3 aromatic rings. The highest BCUT2D eigenvalue weighted by Gasteiger charge is 2.22. The van der Waals surface area contributed by atoms with Gasteiger partial charge < -0.3 is 18.9 Å². The molecule has 3 rings (SSSR count). The van der Waals surface area contributed by atoms with E-state index < -0.39 is 20.6 Å². The minimum atomic E-state index is -4.09. The van der Waals surface area contributed by atoms with Crippen molar-refractivity contribution in [2.45, 2.75) is 4.90 Å². The number of ether oxygens (including phenoxy) is 4. The van der Waals surface area contributed by atoms with E-state index in [-0.39, 0.29) is 16.3 Å². The van der Waals surface area contributed by atoms with Crippen molar-refractivity contribution in [1.29, 1.82) is 0 Å². The number of benzene rings is 3. The number of sulfonamides is 1. The predicted molar refractivity (Wildman–Crippen MR) is 134 cm³/mol. The summed E-state index contributed by atoms with van der Waals surface area (Å²) in [7, 11) is 1.82. The second-order valence-corrected chi connectivity index (χ2v) is 8.78. The van der Waals surface area contributed by atoms with Crippen LogP contribution in [0.1, 0.15) is 5.56 Å². The number of hydrogen-bond donors (Lipinski definition) is 2. The summed E-state index contributed by atoms with van der Waals surface area (Å²) in [5, 5.41) is 15.7. The van der Waals surface area contributed by atoms with Gasteiger partial charge in [0, 0.05) is 17.3 Å². The lowest BCUT2D eigenvalue weighted by Gasteiger charge is -2.12. The van der Waals surface area contributed by atoms with Crippen LogP contribution in [0.15, 0.2) is 64.6 Å². The second-order valence-electron chi connectivity index (χ2n) is 7.10. The summed E-state index contributed by atoms with van der Waals surface area (Å²) in [6, 6.07) is 12.9. The van der Waals surface area contributed by atoms with E-state index >= 15 is 0 Å². The number of anilines is 2. The molecule has 0 heterocycles. The van der Waals surface area contributed by atoms with Crippen LogP contribution in [0.3, 0.4) is 0 Å². The van der Waals surface area contributed by atoms with E-state index in [0.717, 1.165) is 6.07 Å². The maximum atomic E-state index is 12.8. The van der Waals surface area contributed by atoms with Crippen LogP contribution in [0.2, 0.25) is 0 Å². The first-order valence-electron chi connectivity index (χ1n) is 10.3. The van der Waals surface area contributed by atoms with Gasteiger partial charge in [-0.2, -0.15) is 5.10 Å². The number of hydrogen-bond acceptors (Lipinski definition) is 10. The van der Waals surface area contributed by atoms with Gasteiger partial charge in [-0.15, -0.1) is 0 Å². The first kappa shape index (κ1) is 26.1. The highest BCUT2D eigenvalue weighted by Crippen LogP contribution is 2.37. The van der Waals surface area contributed by atoms with Crippen LogP contribution >= 0.6 is 0 Å². The zero-order valence-corrected chi connectivity index (χ0v) is 20.7. The Morgan fingerprint density at radius 1 is 0.889 bits per heavy atom. The van der Waals surface area contributed by atoms with Crippen molar-refractivity contribution in [3.05, 3.63) is 70.3 Å². The van der Waals surface area contributed by atoms with Crippen molar-refractivity contribution in [2.24, 2.45) is 5.10 Å². The average molecular weight is 517 g/mol. The summed E-state index contributed by atoms with van der Waals surface area (Å²) >= 11 is 0. The summed E-state index contributed by atoms with van der Waals surface area (Å²) in [6.45, 7) is 0. The molecule has 3 aromatic carbocycles. The predicted octanol–water partition coefficient (Wildman–Crippen LogP) is 3.88. The summed E-state index contributed by atoms with van der Waals surface area (Å²) < 4.78 is 48.8. The van der Waals surface area contributed by atoms with E-state index in [1.807, 2.05) is 0 Å². The Kier molecular flexibility index (Phi) is 8.17. The third kappa shape index (κ3) is 5.93. The first-order chi connectivity index (χ1) is 17.2. The van der Waals surface area contributed by atoms with Crippen LogP contribution in [0.5, 0.6) is 23.0 Å². The molecule has 0 atom stereocenters. The van der Waals surface area contributed by atoms with Gasteiger partial charge in [-0.05, 0) is 48.5 Å². The molecule has 0 aliphatic carbocycles. The molecule has 0 saturated heterocycles. The van der Waals surface area contributed by atoms with E-state index in [2.05, 4.69) is 15.2 Å². The van der Waals surface area contributed by atoms with Crippen molar-refractivity contribution in [2.75, 3.05) is 38.6 Å². The van der Waals surface area contributed by atoms with Crippen molar-refractivity contribution in [3.8, 4) is 23.0 Å².